The predicted octanol–water partition coefficient (Wildman–Crippen LogP) is 5.10. The first kappa shape index (κ1) is 23.0. The number of benzene rings is 3. The van der Waals surface area contributed by atoms with Gasteiger partial charge in [0.15, 0.2) is 0 Å². The van der Waals surface area contributed by atoms with Crippen LogP contribution >= 0.6 is 0 Å². The Morgan fingerprint density at radius 1 is 1.00 bits per heavy atom. The molecule has 1 heterocycles. The van der Waals surface area contributed by atoms with Crippen molar-refractivity contribution in [3.05, 3.63) is 101 Å². The van der Waals surface area contributed by atoms with Crippen molar-refractivity contribution in [2.45, 2.75) is 25.9 Å². The number of carbonyl (C=O) groups is 1. The van der Waals surface area contributed by atoms with Crippen molar-refractivity contribution < 1.29 is 13.9 Å². The largest absolute Gasteiger partial charge is 0.496 e. The minimum absolute atomic E-state index is 0.0604. The SMILES string of the molecule is COc1ccccc1C1CN(Cc2ccccc2F)CC1CN(Cc1ccccc1)C(C)=O. The Labute approximate surface area is 195 Å². The number of hydrogen-bond donors (Lipinski definition) is 0. The van der Waals surface area contributed by atoms with E-state index in [9.17, 15) is 9.18 Å². The van der Waals surface area contributed by atoms with Gasteiger partial charge in [-0.25, -0.2) is 4.39 Å². The molecule has 0 radical (unpaired) electrons. The lowest BCUT2D eigenvalue weighted by atomic mass is 9.87. The number of amides is 1. The number of nitrogens with zero attached hydrogens (tertiary/aromatic N) is 2. The molecule has 1 aliphatic rings. The van der Waals surface area contributed by atoms with E-state index < -0.39 is 0 Å². The topological polar surface area (TPSA) is 32.8 Å². The number of para-hydroxylation sites is 1. The van der Waals surface area contributed by atoms with E-state index in [0.717, 1.165) is 30.0 Å². The maximum absolute atomic E-state index is 14.3. The second-order valence-corrected chi connectivity index (χ2v) is 8.78. The van der Waals surface area contributed by atoms with E-state index in [1.54, 1.807) is 20.1 Å². The molecule has 4 nitrogen and oxygen atoms in total. The predicted molar refractivity (Wildman–Crippen MR) is 128 cm³/mol. The fraction of sp³-hybridized carbons (Fsp3) is 0.321. The van der Waals surface area contributed by atoms with Crippen molar-refractivity contribution in [3.63, 3.8) is 0 Å². The third-order valence-corrected chi connectivity index (χ3v) is 6.52. The van der Waals surface area contributed by atoms with Gasteiger partial charge in [0.25, 0.3) is 0 Å². The van der Waals surface area contributed by atoms with E-state index in [-0.39, 0.29) is 23.6 Å². The molecule has 0 N–H and O–H groups in total. The van der Waals surface area contributed by atoms with Crippen LogP contribution in [0.25, 0.3) is 0 Å². The first-order valence-corrected chi connectivity index (χ1v) is 11.4. The zero-order valence-electron chi connectivity index (χ0n) is 19.3. The molecule has 5 heteroatoms. The molecule has 1 amide bonds. The molecule has 1 fully saturated rings. The van der Waals surface area contributed by atoms with E-state index >= 15 is 0 Å². The highest BCUT2D eigenvalue weighted by atomic mass is 19.1. The third-order valence-electron chi connectivity index (χ3n) is 6.52. The molecule has 2 atom stereocenters. The number of halogens is 1. The molecule has 3 aromatic rings. The standard InChI is InChI=1S/C28H31FN2O2/c1-21(32)31(16-22-10-4-3-5-11-22)19-24-18-30(17-23-12-6-8-14-27(23)29)20-26(24)25-13-7-9-15-28(25)33-2/h3-15,24,26H,16-20H2,1-2H3. The highest BCUT2D eigenvalue weighted by molar-refractivity contribution is 5.73. The summed E-state index contributed by atoms with van der Waals surface area (Å²) >= 11 is 0. The zero-order chi connectivity index (χ0) is 23.2. The smallest absolute Gasteiger partial charge is 0.219 e. The highest BCUT2D eigenvalue weighted by Crippen LogP contribution is 2.38. The molecule has 0 bridgehead atoms. The van der Waals surface area contributed by atoms with Crippen LogP contribution in [0.5, 0.6) is 5.75 Å². The van der Waals surface area contributed by atoms with Crippen molar-refractivity contribution >= 4 is 5.91 Å². The van der Waals surface area contributed by atoms with Crippen LogP contribution < -0.4 is 4.74 Å². The van der Waals surface area contributed by atoms with E-state index in [2.05, 4.69) is 11.0 Å². The molecule has 172 valence electrons. The van der Waals surface area contributed by atoms with Crippen LogP contribution in [-0.2, 0) is 17.9 Å². The van der Waals surface area contributed by atoms with Gasteiger partial charge >= 0.3 is 0 Å². The maximum atomic E-state index is 14.3. The Morgan fingerprint density at radius 2 is 1.70 bits per heavy atom. The molecule has 0 spiro atoms. The fourth-order valence-corrected chi connectivity index (χ4v) is 4.86. The fourth-order valence-electron chi connectivity index (χ4n) is 4.86. The summed E-state index contributed by atoms with van der Waals surface area (Å²) in [7, 11) is 1.69. The van der Waals surface area contributed by atoms with Gasteiger partial charge in [0, 0.05) is 51.1 Å². The average molecular weight is 447 g/mol. The summed E-state index contributed by atoms with van der Waals surface area (Å²) in [6.07, 6.45) is 0. The van der Waals surface area contributed by atoms with Gasteiger partial charge in [0.2, 0.25) is 5.91 Å². The lowest BCUT2D eigenvalue weighted by molar-refractivity contribution is -0.130. The van der Waals surface area contributed by atoms with Crippen LogP contribution in [0, 0.1) is 11.7 Å². The molecular formula is C28H31FN2O2. The van der Waals surface area contributed by atoms with E-state index in [0.29, 0.717) is 25.2 Å². The summed E-state index contributed by atoms with van der Waals surface area (Å²) in [6.45, 7) is 4.98. The molecule has 3 aromatic carbocycles. The molecule has 4 rings (SSSR count). The van der Waals surface area contributed by atoms with Crippen LogP contribution in [0.15, 0.2) is 78.9 Å². The summed E-state index contributed by atoms with van der Waals surface area (Å²) in [4.78, 5) is 16.8. The normalized spacial score (nSPS) is 18.3. The second kappa shape index (κ2) is 10.6. The molecule has 0 aliphatic carbocycles. The van der Waals surface area contributed by atoms with Gasteiger partial charge in [-0.1, -0.05) is 66.7 Å². The van der Waals surface area contributed by atoms with Gasteiger partial charge in [-0.2, -0.15) is 0 Å². The number of methoxy groups -OCH3 is 1. The highest BCUT2D eigenvalue weighted by Gasteiger charge is 2.37. The van der Waals surface area contributed by atoms with Crippen LogP contribution in [0.3, 0.4) is 0 Å². The van der Waals surface area contributed by atoms with Crippen molar-refractivity contribution in [1.82, 2.24) is 9.80 Å². The summed E-state index contributed by atoms with van der Waals surface area (Å²) in [5, 5.41) is 0. The lowest BCUT2D eigenvalue weighted by Crippen LogP contribution is -2.35. The van der Waals surface area contributed by atoms with E-state index in [4.69, 9.17) is 4.74 Å². The summed E-state index contributed by atoms with van der Waals surface area (Å²) < 4.78 is 20.0. The number of rotatable bonds is 8. The summed E-state index contributed by atoms with van der Waals surface area (Å²) in [5.41, 5.74) is 2.96. The molecule has 2 unspecified atom stereocenters. The number of likely N-dealkylation sites (tertiary alicyclic amines) is 1. The number of carbonyl (C=O) groups excluding carboxylic acids is 1. The Bertz CT molecular complexity index is 1070. The van der Waals surface area contributed by atoms with Crippen LogP contribution in [0.4, 0.5) is 4.39 Å². The van der Waals surface area contributed by atoms with Crippen LogP contribution in [0.1, 0.15) is 29.5 Å². The number of ether oxygens (including phenoxy) is 1. The Morgan fingerprint density at radius 3 is 2.42 bits per heavy atom. The number of hydrogen-bond acceptors (Lipinski definition) is 3. The first-order chi connectivity index (χ1) is 16.0. The lowest BCUT2D eigenvalue weighted by Gasteiger charge is -2.28. The maximum Gasteiger partial charge on any atom is 0.219 e. The second-order valence-electron chi connectivity index (χ2n) is 8.78. The van der Waals surface area contributed by atoms with E-state index in [1.807, 2.05) is 65.6 Å². The van der Waals surface area contributed by atoms with E-state index in [1.165, 1.54) is 6.07 Å². The monoisotopic (exact) mass is 446 g/mol. The Balaban J connectivity index is 1.59. The zero-order valence-corrected chi connectivity index (χ0v) is 19.3. The van der Waals surface area contributed by atoms with Crippen LogP contribution in [-0.4, -0.2) is 42.5 Å². The molecule has 0 saturated carbocycles. The van der Waals surface area contributed by atoms with Gasteiger partial charge in [-0.3, -0.25) is 9.69 Å². The van der Waals surface area contributed by atoms with Crippen molar-refractivity contribution in [3.8, 4) is 5.75 Å². The molecule has 1 aliphatic heterocycles. The Kier molecular flexibility index (Phi) is 7.40. The summed E-state index contributed by atoms with van der Waals surface area (Å²) in [5.74, 6) is 1.14. The van der Waals surface area contributed by atoms with Gasteiger partial charge in [0.1, 0.15) is 11.6 Å². The van der Waals surface area contributed by atoms with Crippen molar-refractivity contribution in [2.75, 3.05) is 26.7 Å². The average Bonchev–Trinajstić information content (AvgIpc) is 3.22. The minimum atomic E-state index is -0.177. The molecule has 33 heavy (non-hydrogen) atoms. The van der Waals surface area contributed by atoms with Crippen molar-refractivity contribution in [2.24, 2.45) is 5.92 Å². The Hall–Kier alpha value is -3.18. The third kappa shape index (κ3) is 5.60. The van der Waals surface area contributed by atoms with Gasteiger partial charge < -0.3 is 9.64 Å². The molecule has 1 saturated heterocycles. The van der Waals surface area contributed by atoms with Gasteiger partial charge in [0.05, 0.1) is 7.11 Å². The first-order valence-electron chi connectivity index (χ1n) is 11.4. The minimum Gasteiger partial charge on any atom is -0.496 e. The summed E-state index contributed by atoms with van der Waals surface area (Å²) in [6, 6.07) is 25.1. The molecule has 0 aromatic heterocycles. The quantitative estimate of drug-likeness (QED) is 0.483. The van der Waals surface area contributed by atoms with Crippen molar-refractivity contribution in [1.29, 1.82) is 0 Å². The van der Waals surface area contributed by atoms with Gasteiger partial charge in [-0.15, -0.1) is 0 Å². The van der Waals surface area contributed by atoms with Crippen LogP contribution in [0.2, 0.25) is 0 Å². The molecular weight excluding hydrogens is 415 g/mol. The van der Waals surface area contributed by atoms with Gasteiger partial charge in [-0.05, 0) is 29.2 Å².